The largest absolute Gasteiger partial charge is 0.394 e. The molecule has 350 valence electrons. The van der Waals surface area contributed by atoms with Gasteiger partial charge in [-0.25, -0.2) is 0 Å². The second-order valence-corrected chi connectivity index (χ2v) is 18.1. The van der Waals surface area contributed by atoms with Gasteiger partial charge in [-0.05, 0) is 31.6 Å². The van der Waals surface area contributed by atoms with Crippen molar-refractivity contribution in [2.45, 2.75) is 268 Å². The maximum Gasteiger partial charge on any atom is 0.249 e. The van der Waals surface area contributed by atoms with E-state index in [0.29, 0.717) is 6.42 Å². The van der Waals surface area contributed by atoms with Crippen LogP contribution >= 0.6 is 0 Å². The first-order chi connectivity index (χ1) is 28.5. The number of nitrogens with two attached hydrogens (primary N) is 1. The lowest BCUT2D eigenvalue weighted by molar-refractivity contribution is -0.268. The molecule has 1 aliphatic rings. The molecule has 59 heavy (non-hydrogen) atoms. The molecular weight excluding hydrogens is 749 g/mol. The molecule has 0 aromatic rings. The zero-order valence-corrected chi connectivity index (χ0v) is 38.0. The van der Waals surface area contributed by atoms with Crippen molar-refractivity contribution in [3.05, 3.63) is 12.2 Å². The summed E-state index contributed by atoms with van der Waals surface area (Å²) >= 11 is 0. The summed E-state index contributed by atoms with van der Waals surface area (Å²) in [5, 5.41) is 65.6. The van der Waals surface area contributed by atoms with Crippen molar-refractivity contribution in [1.29, 1.82) is 0 Å². The fourth-order valence-corrected chi connectivity index (χ4v) is 7.96. The highest BCUT2D eigenvalue weighted by Crippen LogP contribution is 2.22. The molecule has 0 aliphatic carbocycles. The second-order valence-electron chi connectivity index (χ2n) is 18.1. The van der Waals surface area contributed by atoms with Crippen LogP contribution < -0.4 is 11.1 Å². The van der Waals surface area contributed by atoms with E-state index in [1.165, 1.54) is 135 Å². The number of unbranched alkanes of at least 4 members (excludes halogenated alkanes) is 25. The zero-order chi connectivity index (χ0) is 43.5. The van der Waals surface area contributed by atoms with Crippen molar-refractivity contribution in [2.24, 2.45) is 11.7 Å². The third kappa shape index (κ3) is 28.2. The Bertz CT molecular complexity index is 986. The number of aliphatic hydroxyl groups excluding tert-OH is 6. The normalized spacial score (nSPS) is 21.9. The average molecular weight is 843 g/mol. The van der Waals surface area contributed by atoms with E-state index in [-0.39, 0.29) is 19.4 Å². The molecule has 0 aromatic carbocycles. The van der Waals surface area contributed by atoms with Crippen LogP contribution in [0, 0.1) is 5.92 Å². The van der Waals surface area contributed by atoms with Gasteiger partial charge in [0.15, 0.2) is 6.29 Å². The van der Waals surface area contributed by atoms with E-state index in [0.717, 1.165) is 44.4 Å². The zero-order valence-electron chi connectivity index (χ0n) is 38.0. The molecule has 1 heterocycles. The number of hydrogen-bond donors (Lipinski definition) is 8. The van der Waals surface area contributed by atoms with Crippen molar-refractivity contribution < 1.29 is 44.9 Å². The van der Waals surface area contributed by atoms with E-state index in [4.69, 9.17) is 15.2 Å². The first-order valence-electron chi connectivity index (χ1n) is 24.5. The summed E-state index contributed by atoms with van der Waals surface area (Å²) in [6.07, 6.45) is 29.8. The van der Waals surface area contributed by atoms with E-state index >= 15 is 0 Å². The molecule has 0 aromatic heterocycles. The molecule has 1 aliphatic heterocycles. The van der Waals surface area contributed by atoms with Crippen LogP contribution in [0.1, 0.15) is 213 Å². The Morgan fingerprint density at radius 1 is 0.678 bits per heavy atom. The number of allylic oxidation sites excluding steroid dienone is 1. The number of rotatable bonds is 40. The lowest BCUT2D eigenvalue weighted by Crippen LogP contribution is -2.63. The van der Waals surface area contributed by atoms with Gasteiger partial charge in [0.25, 0.3) is 0 Å². The van der Waals surface area contributed by atoms with Crippen molar-refractivity contribution in [3.8, 4) is 0 Å². The fraction of sp³-hybridized carbons (Fsp3) is 0.938. The quantitative estimate of drug-likeness (QED) is 0.0220. The van der Waals surface area contributed by atoms with Crippen molar-refractivity contribution >= 4 is 5.91 Å². The highest BCUT2D eigenvalue weighted by molar-refractivity contribution is 5.80. The van der Waals surface area contributed by atoms with E-state index in [2.05, 4.69) is 26.1 Å². The van der Waals surface area contributed by atoms with Gasteiger partial charge in [0, 0.05) is 0 Å². The number of hydrogen-bond acceptors (Lipinski definition) is 10. The number of amides is 1. The highest BCUT2D eigenvalue weighted by Gasteiger charge is 2.43. The fourth-order valence-electron chi connectivity index (χ4n) is 7.96. The SMILES string of the molecule is CCCCCCCCCCCCCCCCCCCCC(O)C(=O)NC(COC1OC(CO)C(O)C(O)C1N)C(O)C(O)C/C=C/CCCCCCCCCCC(C)C. The van der Waals surface area contributed by atoms with Crippen LogP contribution in [0.2, 0.25) is 0 Å². The molecule has 1 fully saturated rings. The molecule has 0 bridgehead atoms. The lowest BCUT2D eigenvalue weighted by atomic mass is 9.97. The number of aliphatic hydroxyl groups is 6. The molecule has 0 spiro atoms. The van der Waals surface area contributed by atoms with Crippen molar-refractivity contribution in [2.75, 3.05) is 13.2 Å². The molecule has 9 atom stereocenters. The van der Waals surface area contributed by atoms with E-state index in [1.54, 1.807) is 0 Å². The maximum atomic E-state index is 13.1. The van der Waals surface area contributed by atoms with Gasteiger partial charge in [-0.2, -0.15) is 0 Å². The Kier molecular flexibility index (Phi) is 35.4. The smallest absolute Gasteiger partial charge is 0.249 e. The predicted molar refractivity (Wildman–Crippen MR) is 240 cm³/mol. The van der Waals surface area contributed by atoms with Crippen LogP contribution in [-0.4, -0.2) is 105 Å². The van der Waals surface area contributed by atoms with Gasteiger partial charge in [0.1, 0.15) is 30.5 Å². The summed E-state index contributed by atoms with van der Waals surface area (Å²) in [5.74, 6) is 0.107. The number of carbonyl (C=O) groups excluding carboxylic acids is 1. The Morgan fingerprint density at radius 2 is 1.14 bits per heavy atom. The van der Waals surface area contributed by atoms with Gasteiger partial charge in [0.05, 0.1) is 31.4 Å². The Labute approximate surface area is 360 Å². The molecule has 9 N–H and O–H groups in total. The Morgan fingerprint density at radius 3 is 1.61 bits per heavy atom. The molecule has 11 nitrogen and oxygen atoms in total. The van der Waals surface area contributed by atoms with E-state index in [9.17, 15) is 35.4 Å². The first-order valence-corrected chi connectivity index (χ1v) is 24.5. The second kappa shape index (κ2) is 37.4. The highest BCUT2D eigenvalue weighted by atomic mass is 16.7. The lowest BCUT2D eigenvalue weighted by Gasteiger charge is -2.41. The van der Waals surface area contributed by atoms with Gasteiger partial charge < -0.3 is 51.2 Å². The monoisotopic (exact) mass is 843 g/mol. The minimum atomic E-state index is -1.45. The Balaban J connectivity index is 2.43. The summed E-state index contributed by atoms with van der Waals surface area (Å²) in [6.45, 7) is 5.88. The maximum absolute atomic E-state index is 13.1. The van der Waals surface area contributed by atoms with Gasteiger partial charge in [-0.15, -0.1) is 0 Å². The molecule has 9 unspecified atom stereocenters. The molecule has 11 heteroatoms. The van der Waals surface area contributed by atoms with Gasteiger partial charge >= 0.3 is 0 Å². The third-order valence-corrected chi connectivity index (χ3v) is 12.1. The minimum Gasteiger partial charge on any atom is -0.394 e. The number of carbonyl (C=O) groups is 1. The first kappa shape index (κ1) is 55.9. The molecule has 1 amide bonds. The number of ether oxygens (including phenoxy) is 2. The standard InChI is InChI=1S/C48H94N2O9/c1-4-5-6-7-8-9-10-11-12-13-14-15-16-19-23-26-29-32-35-41(53)47(57)50-39(37-58-48-43(49)46(56)45(55)42(36-51)59-48)44(54)40(52)34-31-28-25-22-20-17-18-21-24-27-30-33-38(2)3/h28,31,38-46,48,51-56H,4-27,29-30,32-37,49H2,1-3H3,(H,50,57)/b31-28+. The van der Waals surface area contributed by atoms with Crippen LogP contribution in [0.5, 0.6) is 0 Å². The topological polar surface area (TPSA) is 195 Å². The van der Waals surface area contributed by atoms with Gasteiger partial charge in [-0.1, -0.05) is 200 Å². The van der Waals surface area contributed by atoms with Crippen molar-refractivity contribution in [1.82, 2.24) is 5.32 Å². The van der Waals surface area contributed by atoms with E-state index in [1.807, 2.05) is 12.2 Å². The molecule has 1 rings (SSSR count). The summed E-state index contributed by atoms with van der Waals surface area (Å²) in [4.78, 5) is 13.1. The molecular formula is C48H94N2O9. The van der Waals surface area contributed by atoms with Crippen LogP contribution in [0.25, 0.3) is 0 Å². The predicted octanol–water partition coefficient (Wildman–Crippen LogP) is 8.27. The molecule has 0 saturated carbocycles. The van der Waals surface area contributed by atoms with Gasteiger partial charge in [0.2, 0.25) is 5.91 Å². The summed E-state index contributed by atoms with van der Waals surface area (Å²) < 4.78 is 11.3. The Hall–Kier alpha value is -1.15. The van der Waals surface area contributed by atoms with Crippen LogP contribution in [0.3, 0.4) is 0 Å². The molecule has 0 radical (unpaired) electrons. The average Bonchev–Trinajstić information content (AvgIpc) is 3.22. The summed E-state index contributed by atoms with van der Waals surface area (Å²) in [5.41, 5.74) is 6.03. The minimum absolute atomic E-state index is 0.155. The van der Waals surface area contributed by atoms with Crippen molar-refractivity contribution in [3.63, 3.8) is 0 Å². The molecule has 1 saturated heterocycles. The van der Waals surface area contributed by atoms with Gasteiger partial charge in [-0.3, -0.25) is 4.79 Å². The van der Waals surface area contributed by atoms with Crippen LogP contribution in [0.15, 0.2) is 12.2 Å². The number of nitrogens with one attached hydrogen (secondary N) is 1. The third-order valence-electron chi connectivity index (χ3n) is 12.1. The van der Waals surface area contributed by atoms with Crippen LogP contribution in [0.4, 0.5) is 0 Å². The van der Waals surface area contributed by atoms with Crippen LogP contribution in [-0.2, 0) is 14.3 Å². The van der Waals surface area contributed by atoms with E-state index < -0.39 is 67.5 Å². The summed E-state index contributed by atoms with van der Waals surface area (Å²) in [7, 11) is 0. The summed E-state index contributed by atoms with van der Waals surface area (Å²) in [6, 6.07) is -2.31.